The smallest absolute Gasteiger partial charge is 0.271 e. The molecular formula is C18H19N3O5S. The number of sulfone groups is 1. The Morgan fingerprint density at radius 3 is 2.52 bits per heavy atom. The molecule has 1 aliphatic rings. The van der Waals surface area contributed by atoms with Crippen LogP contribution in [0.1, 0.15) is 15.9 Å². The first-order valence-corrected chi connectivity index (χ1v) is 10.1. The second-order valence-electron chi connectivity index (χ2n) is 6.57. The average Bonchev–Trinajstić information content (AvgIpc) is 2.78. The zero-order valence-electron chi connectivity index (χ0n) is 15.0. The number of likely N-dealkylation sites (N-methyl/N-ethyl adjacent to an activating group) is 1. The first-order valence-electron chi connectivity index (χ1n) is 8.24. The molecule has 1 aliphatic heterocycles. The van der Waals surface area contributed by atoms with Gasteiger partial charge >= 0.3 is 0 Å². The fraction of sp³-hybridized carbons (Fsp3) is 0.278. The predicted octanol–water partition coefficient (Wildman–Crippen LogP) is 2.09. The summed E-state index contributed by atoms with van der Waals surface area (Å²) >= 11 is 0. The van der Waals surface area contributed by atoms with Crippen LogP contribution in [0.15, 0.2) is 47.4 Å². The Hall–Kier alpha value is -2.78. The molecule has 142 valence electrons. The molecule has 2 aromatic carbocycles. The van der Waals surface area contributed by atoms with E-state index < -0.39 is 26.4 Å². The molecule has 1 amide bonds. The summed E-state index contributed by atoms with van der Waals surface area (Å²) in [6, 6.07) is 10.7. The summed E-state index contributed by atoms with van der Waals surface area (Å²) in [5.74, 6) is -0.466. The van der Waals surface area contributed by atoms with Crippen LogP contribution in [0.2, 0.25) is 0 Å². The number of benzene rings is 2. The van der Waals surface area contributed by atoms with Gasteiger partial charge in [-0.1, -0.05) is 18.2 Å². The van der Waals surface area contributed by atoms with Gasteiger partial charge in [0, 0.05) is 49.3 Å². The normalized spacial score (nSPS) is 15.1. The largest absolute Gasteiger partial charge is 0.307 e. The number of nitro benzene ring substituents is 1. The molecule has 0 saturated heterocycles. The van der Waals surface area contributed by atoms with Crippen molar-refractivity contribution in [1.82, 2.24) is 4.90 Å². The number of fused-ring (bicyclic) bond motifs is 1. The van der Waals surface area contributed by atoms with Gasteiger partial charge in [-0.25, -0.2) is 8.42 Å². The summed E-state index contributed by atoms with van der Waals surface area (Å²) in [4.78, 5) is 27.0. The predicted molar refractivity (Wildman–Crippen MR) is 101 cm³/mol. The molecule has 8 nitrogen and oxygen atoms in total. The van der Waals surface area contributed by atoms with Gasteiger partial charge in [-0.15, -0.1) is 0 Å². The van der Waals surface area contributed by atoms with Crippen LogP contribution in [0.25, 0.3) is 0 Å². The highest BCUT2D eigenvalue weighted by molar-refractivity contribution is 7.90. The lowest BCUT2D eigenvalue weighted by Crippen LogP contribution is -2.35. The van der Waals surface area contributed by atoms with Crippen LogP contribution in [0.5, 0.6) is 0 Å². The summed E-state index contributed by atoms with van der Waals surface area (Å²) in [6.45, 7) is 1.68. The summed E-state index contributed by atoms with van der Waals surface area (Å²) in [6.07, 6.45) is 0.955. The van der Waals surface area contributed by atoms with E-state index in [2.05, 4.69) is 4.90 Å². The minimum Gasteiger partial charge on any atom is -0.307 e. The van der Waals surface area contributed by atoms with Gasteiger partial charge in [0.2, 0.25) is 0 Å². The van der Waals surface area contributed by atoms with Gasteiger partial charge < -0.3 is 9.80 Å². The number of carbonyl (C=O) groups excluding carboxylic acids is 1. The summed E-state index contributed by atoms with van der Waals surface area (Å²) in [7, 11) is -1.76. The average molecular weight is 389 g/mol. The molecule has 0 bridgehead atoms. The van der Waals surface area contributed by atoms with Crippen LogP contribution in [0.3, 0.4) is 0 Å². The van der Waals surface area contributed by atoms with Gasteiger partial charge in [0.15, 0.2) is 9.84 Å². The number of carbonyl (C=O) groups is 1. The van der Waals surface area contributed by atoms with E-state index in [1.54, 1.807) is 4.90 Å². The molecule has 1 heterocycles. The lowest BCUT2D eigenvalue weighted by atomic mass is 10.1. The van der Waals surface area contributed by atoms with Crippen LogP contribution >= 0.6 is 0 Å². The number of nitrogens with zero attached hydrogens (tertiary/aromatic N) is 3. The third-order valence-electron chi connectivity index (χ3n) is 4.45. The SMILES string of the molecule is CN1CCN(C(=O)c2cc([N+](=O)[O-])cc(S(C)(=O)=O)c2)c2ccccc2C1. The Bertz CT molecular complexity index is 1020. The highest BCUT2D eigenvalue weighted by Gasteiger charge is 2.26. The van der Waals surface area contributed by atoms with Crippen molar-refractivity contribution in [3.05, 3.63) is 63.7 Å². The van der Waals surface area contributed by atoms with Crippen LogP contribution in [-0.4, -0.2) is 50.5 Å². The Labute approximate surface area is 157 Å². The number of nitro groups is 1. The molecule has 0 aromatic heterocycles. The van der Waals surface area contributed by atoms with Gasteiger partial charge in [-0.3, -0.25) is 14.9 Å². The van der Waals surface area contributed by atoms with E-state index in [0.717, 1.165) is 29.6 Å². The molecule has 0 spiro atoms. The van der Waals surface area contributed by atoms with Crippen molar-refractivity contribution in [3.8, 4) is 0 Å². The van der Waals surface area contributed by atoms with Gasteiger partial charge in [-0.2, -0.15) is 0 Å². The molecule has 9 heteroatoms. The van der Waals surface area contributed by atoms with Gasteiger partial charge in [0.1, 0.15) is 0 Å². The fourth-order valence-electron chi connectivity index (χ4n) is 3.06. The third-order valence-corrected chi connectivity index (χ3v) is 5.54. The van der Waals surface area contributed by atoms with Crippen LogP contribution < -0.4 is 4.90 Å². The first-order chi connectivity index (χ1) is 12.7. The van der Waals surface area contributed by atoms with Crippen molar-refractivity contribution in [2.75, 3.05) is 31.3 Å². The molecule has 0 aliphatic carbocycles. The Balaban J connectivity index is 2.10. The molecule has 2 aromatic rings. The number of amides is 1. The lowest BCUT2D eigenvalue weighted by Gasteiger charge is -2.23. The number of hydrogen-bond acceptors (Lipinski definition) is 6. The number of para-hydroxylation sites is 1. The molecule has 0 radical (unpaired) electrons. The highest BCUT2D eigenvalue weighted by atomic mass is 32.2. The molecule has 0 fully saturated rings. The van der Waals surface area contributed by atoms with E-state index in [4.69, 9.17) is 0 Å². The van der Waals surface area contributed by atoms with Crippen LogP contribution in [0, 0.1) is 10.1 Å². The Morgan fingerprint density at radius 1 is 1.15 bits per heavy atom. The maximum Gasteiger partial charge on any atom is 0.271 e. The molecule has 0 N–H and O–H groups in total. The quantitative estimate of drug-likeness (QED) is 0.589. The standard InChI is InChI=1S/C18H19N3O5S/c1-19-7-8-20(17-6-4-3-5-13(17)12-19)18(22)14-9-15(21(23)24)11-16(10-14)27(2,25)26/h3-6,9-11H,7-8,12H2,1-2H3. The van der Waals surface area contributed by atoms with E-state index in [1.807, 2.05) is 31.3 Å². The second kappa shape index (κ2) is 7.09. The molecule has 0 atom stereocenters. The number of non-ortho nitro benzene ring substituents is 1. The van der Waals surface area contributed by atoms with E-state index in [0.29, 0.717) is 19.6 Å². The van der Waals surface area contributed by atoms with E-state index >= 15 is 0 Å². The second-order valence-corrected chi connectivity index (χ2v) is 8.58. The molecule has 3 rings (SSSR count). The van der Waals surface area contributed by atoms with Crippen LogP contribution in [-0.2, 0) is 16.4 Å². The monoisotopic (exact) mass is 389 g/mol. The Kier molecular flexibility index (Phi) is 4.99. The number of hydrogen-bond donors (Lipinski definition) is 0. The van der Waals surface area contributed by atoms with Crippen molar-refractivity contribution in [1.29, 1.82) is 0 Å². The summed E-state index contributed by atoms with van der Waals surface area (Å²) < 4.78 is 23.8. The zero-order chi connectivity index (χ0) is 19.8. The number of anilines is 1. The van der Waals surface area contributed by atoms with E-state index in [9.17, 15) is 23.3 Å². The van der Waals surface area contributed by atoms with Crippen molar-refractivity contribution in [2.45, 2.75) is 11.4 Å². The zero-order valence-corrected chi connectivity index (χ0v) is 15.8. The van der Waals surface area contributed by atoms with Gasteiger partial charge in [-0.05, 0) is 24.7 Å². The van der Waals surface area contributed by atoms with E-state index in [1.165, 1.54) is 6.07 Å². The molecule has 27 heavy (non-hydrogen) atoms. The lowest BCUT2D eigenvalue weighted by molar-refractivity contribution is -0.385. The molecule has 0 unspecified atom stereocenters. The maximum atomic E-state index is 13.2. The fourth-order valence-corrected chi connectivity index (χ4v) is 3.74. The third kappa shape index (κ3) is 3.99. The first kappa shape index (κ1) is 19.0. The molecule has 0 saturated carbocycles. The van der Waals surface area contributed by atoms with Gasteiger partial charge in [0.25, 0.3) is 11.6 Å². The van der Waals surface area contributed by atoms with Crippen molar-refractivity contribution < 1.29 is 18.1 Å². The minimum absolute atomic E-state index is 0.0241. The van der Waals surface area contributed by atoms with Crippen molar-refractivity contribution in [3.63, 3.8) is 0 Å². The minimum atomic E-state index is -3.71. The van der Waals surface area contributed by atoms with Crippen molar-refractivity contribution >= 4 is 27.1 Å². The summed E-state index contributed by atoms with van der Waals surface area (Å²) in [5.41, 5.74) is 1.23. The van der Waals surface area contributed by atoms with Gasteiger partial charge in [0.05, 0.1) is 9.82 Å². The topological polar surface area (TPSA) is 101 Å². The highest BCUT2D eigenvalue weighted by Crippen LogP contribution is 2.28. The maximum absolute atomic E-state index is 13.2. The van der Waals surface area contributed by atoms with Crippen molar-refractivity contribution in [2.24, 2.45) is 0 Å². The van der Waals surface area contributed by atoms with E-state index in [-0.39, 0.29) is 10.5 Å². The van der Waals surface area contributed by atoms with Crippen LogP contribution in [0.4, 0.5) is 11.4 Å². The molecular weight excluding hydrogens is 370 g/mol. The Morgan fingerprint density at radius 2 is 1.85 bits per heavy atom. The number of rotatable bonds is 3. The summed E-state index contributed by atoms with van der Waals surface area (Å²) in [5, 5.41) is 11.2.